The van der Waals surface area contributed by atoms with Gasteiger partial charge in [0.1, 0.15) is 11.4 Å². The molecule has 20 heavy (non-hydrogen) atoms. The molecule has 0 amide bonds. The zero-order valence-electron chi connectivity index (χ0n) is 9.97. The van der Waals surface area contributed by atoms with Crippen LogP contribution in [0.5, 0.6) is 0 Å². The van der Waals surface area contributed by atoms with Crippen LogP contribution in [0.3, 0.4) is 0 Å². The predicted molar refractivity (Wildman–Crippen MR) is 75.7 cm³/mol. The SMILES string of the molecule is O=c1oc2ccc(Br)cc2c(=O)n1-c1ccc(F)cc1. The summed E-state index contributed by atoms with van der Waals surface area (Å²) in [6.07, 6.45) is 0. The van der Waals surface area contributed by atoms with E-state index in [1.165, 1.54) is 30.3 Å². The smallest absolute Gasteiger partial charge is 0.409 e. The molecule has 4 nitrogen and oxygen atoms in total. The molecule has 0 atom stereocenters. The highest BCUT2D eigenvalue weighted by atomic mass is 79.9. The van der Waals surface area contributed by atoms with Crippen molar-refractivity contribution in [3.63, 3.8) is 0 Å². The third kappa shape index (κ3) is 2.08. The van der Waals surface area contributed by atoms with Gasteiger partial charge in [0.15, 0.2) is 0 Å². The van der Waals surface area contributed by atoms with Gasteiger partial charge in [0, 0.05) is 4.47 Å². The first kappa shape index (κ1) is 12.8. The minimum Gasteiger partial charge on any atom is -0.409 e. The van der Waals surface area contributed by atoms with E-state index < -0.39 is 17.1 Å². The van der Waals surface area contributed by atoms with Gasteiger partial charge in [0.2, 0.25) is 0 Å². The molecule has 1 aromatic heterocycles. The quantitative estimate of drug-likeness (QED) is 0.687. The average Bonchev–Trinajstić information content (AvgIpc) is 2.42. The Balaban J connectivity index is 2.39. The monoisotopic (exact) mass is 335 g/mol. The molecule has 1 heterocycles. The minimum atomic E-state index is -0.809. The van der Waals surface area contributed by atoms with Gasteiger partial charge >= 0.3 is 5.76 Å². The Labute approximate surface area is 120 Å². The molecule has 0 N–H and O–H groups in total. The minimum absolute atomic E-state index is 0.210. The standard InChI is InChI=1S/C14H7BrFNO3/c15-8-1-6-12-11(7-8)13(18)17(14(19)20-12)10-4-2-9(16)3-5-10/h1-7H. The Morgan fingerprint density at radius 1 is 1.05 bits per heavy atom. The van der Waals surface area contributed by atoms with Crippen molar-refractivity contribution in [1.82, 2.24) is 4.57 Å². The van der Waals surface area contributed by atoms with Gasteiger partial charge in [-0.3, -0.25) is 4.79 Å². The van der Waals surface area contributed by atoms with Gasteiger partial charge in [-0.2, -0.15) is 0 Å². The molecule has 2 aromatic carbocycles. The summed E-state index contributed by atoms with van der Waals surface area (Å²) in [7, 11) is 0. The van der Waals surface area contributed by atoms with E-state index in [-0.39, 0.29) is 16.7 Å². The van der Waals surface area contributed by atoms with Gasteiger partial charge in [0.25, 0.3) is 5.56 Å². The van der Waals surface area contributed by atoms with Gasteiger partial charge in [0.05, 0.1) is 11.1 Å². The first-order valence-electron chi connectivity index (χ1n) is 5.67. The maximum absolute atomic E-state index is 12.9. The van der Waals surface area contributed by atoms with E-state index in [0.29, 0.717) is 4.47 Å². The van der Waals surface area contributed by atoms with Crippen LogP contribution in [0.25, 0.3) is 16.7 Å². The van der Waals surface area contributed by atoms with Crippen LogP contribution in [0.4, 0.5) is 4.39 Å². The van der Waals surface area contributed by atoms with Crippen molar-refractivity contribution in [1.29, 1.82) is 0 Å². The van der Waals surface area contributed by atoms with E-state index >= 15 is 0 Å². The van der Waals surface area contributed by atoms with Crippen LogP contribution < -0.4 is 11.3 Å². The normalized spacial score (nSPS) is 10.9. The Bertz CT molecular complexity index is 912. The Kier molecular flexibility index (Phi) is 3.02. The molecular weight excluding hydrogens is 329 g/mol. The van der Waals surface area contributed by atoms with Crippen LogP contribution in [0.2, 0.25) is 0 Å². The summed E-state index contributed by atoms with van der Waals surface area (Å²) < 4.78 is 19.6. The summed E-state index contributed by atoms with van der Waals surface area (Å²) in [5.41, 5.74) is -0.0438. The highest BCUT2D eigenvalue weighted by Gasteiger charge is 2.11. The lowest BCUT2D eigenvalue weighted by molar-refractivity contribution is 0.503. The van der Waals surface area contributed by atoms with Crippen molar-refractivity contribution in [3.8, 4) is 5.69 Å². The summed E-state index contributed by atoms with van der Waals surface area (Å²) in [5, 5.41) is 0.267. The molecule has 0 saturated heterocycles. The number of benzene rings is 2. The lowest BCUT2D eigenvalue weighted by atomic mass is 10.2. The lowest BCUT2D eigenvalue weighted by Gasteiger charge is -2.05. The van der Waals surface area contributed by atoms with E-state index in [1.807, 2.05) is 0 Å². The van der Waals surface area contributed by atoms with Crippen LogP contribution in [0.1, 0.15) is 0 Å². The molecule has 0 saturated carbocycles. The summed E-state index contributed by atoms with van der Waals surface area (Å²) >= 11 is 3.26. The fraction of sp³-hybridized carbons (Fsp3) is 0. The number of fused-ring (bicyclic) bond motifs is 1. The van der Waals surface area contributed by atoms with Crippen molar-refractivity contribution < 1.29 is 8.81 Å². The van der Waals surface area contributed by atoms with Crippen molar-refractivity contribution in [2.24, 2.45) is 0 Å². The molecule has 0 aliphatic rings. The second-order valence-corrected chi connectivity index (χ2v) is 5.04. The van der Waals surface area contributed by atoms with Gasteiger partial charge in [-0.25, -0.2) is 13.8 Å². The Morgan fingerprint density at radius 2 is 1.75 bits per heavy atom. The number of nitrogens with zero attached hydrogens (tertiary/aromatic N) is 1. The number of aromatic nitrogens is 1. The molecule has 0 aliphatic carbocycles. The van der Waals surface area contributed by atoms with Crippen LogP contribution in [-0.2, 0) is 0 Å². The zero-order valence-corrected chi connectivity index (χ0v) is 11.6. The topological polar surface area (TPSA) is 52.2 Å². The molecule has 3 rings (SSSR count). The third-order valence-electron chi connectivity index (χ3n) is 2.84. The van der Waals surface area contributed by atoms with Crippen LogP contribution >= 0.6 is 15.9 Å². The maximum atomic E-state index is 12.9. The first-order chi connectivity index (χ1) is 9.56. The van der Waals surface area contributed by atoms with Gasteiger partial charge < -0.3 is 4.42 Å². The molecule has 0 fully saturated rings. The van der Waals surface area contributed by atoms with Crippen molar-refractivity contribution in [2.45, 2.75) is 0 Å². The van der Waals surface area contributed by atoms with Gasteiger partial charge in [-0.05, 0) is 42.5 Å². The van der Waals surface area contributed by atoms with Gasteiger partial charge in [-0.1, -0.05) is 15.9 Å². The van der Waals surface area contributed by atoms with Crippen LogP contribution in [0, 0.1) is 5.82 Å². The summed E-state index contributed by atoms with van der Waals surface area (Å²) in [4.78, 5) is 24.3. The summed E-state index contributed by atoms with van der Waals surface area (Å²) in [6, 6.07) is 9.82. The second-order valence-electron chi connectivity index (χ2n) is 4.13. The van der Waals surface area contributed by atoms with Crippen LogP contribution in [-0.4, -0.2) is 4.57 Å². The summed E-state index contributed by atoms with van der Waals surface area (Å²) in [5.74, 6) is -1.26. The van der Waals surface area contributed by atoms with Crippen molar-refractivity contribution in [3.05, 3.63) is 73.7 Å². The largest absolute Gasteiger partial charge is 0.426 e. The molecule has 6 heteroatoms. The van der Waals surface area contributed by atoms with E-state index in [1.54, 1.807) is 12.1 Å². The molecule has 0 bridgehead atoms. The second kappa shape index (κ2) is 4.72. The predicted octanol–water partition coefficient (Wildman–Crippen LogP) is 2.85. The molecule has 100 valence electrons. The molecule has 3 aromatic rings. The zero-order chi connectivity index (χ0) is 14.3. The van der Waals surface area contributed by atoms with Gasteiger partial charge in [-0.15, -0.1) is 0 Å². The number of hydrogen-bond acceptors (Lipinski definition) is 3. The lowest BCUT2D eigenvalue weighted by Crippen LogP contribution is -2.30. The van der Waals surface area contributed by atoms with Crippen molar-refractivity contribution in [2.75, 3.05) is 0 Å². The highest BCUT2D eigenvalue weighted by molar-refractivity contribution is 9.10. The highest BCUT2D eigenvalue weighted by Crippen LogP contribution is 2.16. The Morgan fingerprint density at radius 3 is 2.45 bits per heavy atom. The number of rotatable bonds is 1. The van der Waals surface area contributed by atoms with E-state index in [4.69, 9.17) is 4.42 Å². The third-order valence-corrected chi connectivity index (χ3v) is 3.33. The molecule has 0 unspecified atom stereocenters. The van der Waals surface area contributed by atoms with Crippen LogP contribution in [0.15, 0.2) is 60.9 Å². The fourth-order valence-electron chi connectivity index (χ4n) is 1.91. The molecule has 0 spiro atoms. The number of halogens is 2. The van der Waals surface area contributed by atoms with E-state index in [9.17, 15) is 14.0 Å². The van der Waals surface area contributed by atoms with E-state index in [2.05, 4.69) is 15.9 Å². The number of hydrogen-bond donors (Lipinski definition) is 0. The summed E-state index contributed by atoms with van der Waals surface area (Å²) in [6.45, 7) is 0. The first-order valence-corrected chi connectivity index (χ1v) is 6.47. The molecule has 0 radical (unpaired) electrons. The molecular formula is C14H7BrFNO3. The average molecular weight is 336 g/mol. The van der Waals surface area contributed by atoms with Crippen molar-refractivity contribution >= 4 is 26.9 Å². The fourth-order valence-corrected chi connectivity index (χ4v) is 2.28. The molecule has 0 aliphatic heterocycles. The van der Waals surface area contributed by atoms with E-state index in [0.717, 1.165) is 4.57 Å². The maximum Gasteiger partial charge on any atom is 0.426 e. The Hall–Kier alpha value is -2.21.